The van der Waals surface area contributed by atoms with Gasteiger partial charge < -0.3 is 65.1 Å². The third-order valence-electron chi connectivity index (χ3n) is 15.7. The standard InChI is InChI=1S/C61H117NO13/c1-3-5-7-9-11-13-15-17-19-20-21-22-23-24-25-26-27-28-29-31-32-34-36-38-40-42-44-50(65)49(62-53(66)45-43-41-39-37-35-33-30-18-16-14-12-10-8-6-4-2)48-72-60-58(71)56(69)59(52(47-64)74-60)75-61-57(70)55(68)54(67)51(46-63)73-61/h42,44,49-52,54-61,63-65,67-71H,3-41,43,45-48H2,1-2H3,(H,62,66)/b44-42+. The summed E-state index contributed by atoms with van der Waals surface area (Å²) >= 11 is 0. The number of carbonyl (C=O) groups excluding carboxylic acids is 1. The molecule has 9 N–H and O–H groups in total. The molecule has 12 unspecified atom stereocenters. The minimum atomic E-state index is -1.79. The van der Waals surface area contributed by atoms with Gasteiger partial charge in [0, 0.05) is 6.42 Å². The molecule has 2 fully saturated rings. The molecular formula is C61H117NO13. The van der Waals surface area contributed by atoms with Crippen molar-refractivity contribution in [2.75, 3.05) is 19.8 Å². The van der Waals surface area contributed by atoms with E-state index in [9.17, 15) is 45.6 Å². The molecule has 0 bridgehead atoms. The Morgan fingerprint density at radius 1 is 0.467 bits per heavy atom. The van der Waals surface area contributed by atoms with Crippen LogP contribution in [0, 0.1) is 0 Å². The maximum Gasteiger partial charge on any atom is 0.220 e. The first-order valence-electron chi connectivity index (χ1n) is 31.4. The lowest BCUT2D eigenvalue weighted by Crippen LogP contribution is -2.65. The molecule has 0 aromatic carbocycles. The molecule has 0 spiro atoms. The number of unbranched alkanes of at least 4 members (excludes halogenated alkanes) is 38. The van der Waals surface area contributed by atoms with Crippen LogP contribution in [0.4, 0.5) is 0 Å². The summed E-state index contributed by atoms with van der Waals surface area (Å²) in [6, 6.07) is -0.909. The Bertz CT molecular complexity index is 1310. The number of hydrogen-bond acceptors (Lipinski definition) is 13. The number of ether oxygens (including phenoxy) is 4. The lowest BCUT2D eigenvalue weighted by Gasteiger charge is -2.46. The predicted molar refractivity (Wildman–Crippen MR) is 300 cm³/mol. The zero-order chi connectivity index (χ0) is 54.6. The van der Waals surface area contributed by atoms with Crippen molar-refractivity contribution < 1.29 is 64.6 Å². The zero-order valence-corrected chi connectivity index (χ0v) is 47.8. The van der Waals surface area contributed by atoms with Crippen LogP contribution in [0.25, 0.3) is 0 Å². The van der Waals surface area contributed by atoms with Crippen molar-refractivity contribution in [3.63, 3.8) is 0 Å². The number of hydrogen-bond donors (Lipinski definition) is 9. The van der Waals surface area contributed by atoms with E-state index in [1.165, 1.54) is 212 Å². The van der Waals surface area contributed by atoms with Crippen LogP contribution in [0.5, 0.6) is 0 Å². The lowest BCUT2D eigenvalue weighted by molar-refractivity contribution is -0.359. The highest BCUT2D eigenvalue weighted by Crippen LogP contribution is 2.30. The van der Waals surface area contributed by atoms with Crippen LogP contribution in [0.15, 0.2) is 12.2 Å². The van der Waals surface area contributed by atoms with E-state index in [1.807, 2.05) is 6.08 Å². The van der Waals surface area contributed by atoms with E-state index in [0.717, 1.165) is 38.5 Å². The molecule has 2 heterocycles. The van der Waals surface area contributed by atoms with Crippen LogP contribution < -0.4 is 5.32 Å². The van der Waals surface area contributed by atoms with Crippen molar-refractivity contribution >= 4 is 5.91 Å². The van der Waals surface area contributed by atoms with Crippen LogP contribution in [0.2, 0.25) is 0 Å². The normalized spacial score (nSPS) is 25.0. The fraction of sp³-hybridized carbons (Fsp3) is 0.951. The topological polar surface area (TPSA) is 228 Å². The van der Waals surface area contributed by atoms with Gasteiger partial charge >= 0.3 is 0 Å². The smallest absolute Gasteiger partial charge is 0.220 e. The summed E-state index contributed by atoms with van der Waals surface area (Å²) in [4.78, 5) is 13.2. The van der Waals surface area contributed by atoms with Crippen LogP contribution in [0.1, 0.15) is 277 Å². The summed E-state index contributed by atoms with van der Waals surface area (Å²) in [6.45, 7) is 2.83. The first kappa shape index (κ1) is 69.8. The molecule has 2 saturated heterocycles. The molecule has 0 saturated carbocycles. The largest absolute Gasteiger partial charge is 0.394 e. The fourth-order valence-corrected chi connectivity index (χ4v) is 10.6. The molecule has 14 heteroatoms. The SMILES string of the molecule is CCCCCCCCCCCCCCCCCCCCCCCCCC/C=C/C(O)C(COC1OC(CO)C(OC2OC(CO)C(O)C(O)C2O)C(O)C1O)NC(=O)CCCCCCCCCCCCCCCCC. The average molecular weight is 1070 g/mol. The van der Waals surface area contributed by atoms with Gasteiger partial charge in [0.2, 0.25) is 5.91 Å². The van der Waals surface area contributed by atoms with Crippen molar-refractivity contribution in [3.05, 3.63) is 12.2 Å². The van der Waals surface area contributed by atoms with Crippen molar-refractivity contribution in [3.8, 4) is 0 Å². The second kappa shape index (κ2) is 47.5. The van der Waals surface area contributed by atoms with E-state index >= 15 is 0 Å². The van der Waals surface area contributed by atoms with Crippen LogP contribution in [-0.4, -0.2) is 140 Å². The van der Waals surface area contributed by atoms with Gasteiger partial charge in [0.1, 0.15) is 48.8 Å². The fourth-order valence-electron chi connectivity index (χ4n) is 10.6. The number of carbonyl (C=O) groups is 1. The maximum absolute atomic E-state index is 13.2. The van der Waals surface area contributed by atoms with E-state index in [4.69, 9.17) is 18.9 Å². The second-order valence-electron chi connectivity index (χ2n) is 22.6. The van der Waals surface area contributed by atoms with Crippen LogP contribution in [-0.2, 0) is 23.7 Å². The van der Waals surface area contributed by atoms with Crippen LogP contribution in [0.3, 0.4) is 0 Å². The molecule has 75 heavy (non-hydrogen) atoms. The highest BCUT2D eigenvalue weighted by Gasteiger charge is 2.51. The highest BCUT2D eigenvalue weighted by molar-refractivity contribution is 5.76. The third kappa shape index (κ3) is 33.2. The Kier molecular flexibility index (Phi) is 44.3. The van der Waals surface area contributed by atoms with Gasteiger partial charge in [-0.2, -0.15) is 0 Å². The first-order valence-corrected chi connectivity index (χ1v) is 31.4. The minimum Gasteiger partial charge on any atom is -0.394 e. The van der Waals surface area contributed by atoms with Gasteiger partial charge in [-0.15, -0.1) is 0 Å². The number of nitrogens with one attached hydrogen (secondary N) is 1. The van der Waals surface area contributed by atoms with Crippen molar-refractivity contribution in [1.82, 2.24) is 5.32 Å². The minimum absolute atomic E-state index is 0.234. The number of aliphatic hydroxyl groups excluding tert-OH is 8. The lowest BCUT2D eigenvalue weighted by atomic mass is 9.97. The summed E-state index contributed by atoms with van der Waals surface area (Å²) in [5, 5.41) is 87.1. The molecule has 12 atom stereocenters. The second-order valence-corrected chi connectivity index (χ2v) is 22.6. The summed E-state index contributed by atoms with van der Waals surface area (Å²) in [5.41, 5.74) is 0. The van der Waals surface area contributed by atoms with Gasteiger partial charge in [-0.05, 0) is 19.3 Å². The highest BCUT2D eigenvalue weighted by atomic mass is 16.7. The van der Waals surface area contributed by atoms with E-state index in [0.29, 0.717) is 6.42 Å². The van der Waals surface area contributed by atoms with Gasteiger partial charge in [-0.25, -0.2) is 0 Å². The number of amides is 1. The van der Waals surface area contributed by atoms with E-state index in [-0.39, 0.29) is 18.9 Å². The molecule has 14 nitrogen and oxygen atoms in total. The Balaban J connectivity index is 1.72. The summed E-state index contributed by atoms with van der Waals surface area (Å²) in [6.07, 6.45) is 38.3. The molecule has 2 rings (SSSR count). The number of allylic oxidation sites excluding steroid dienone is 1. The van der Waals surface area contributed by atoms with Gasteiger partial charge in [0.15, 0.2) is 12.6 Å². The van der Waals surface area contributed by atoms with Gasteiger partial charge in [0.05, 0.1) is 32.0 Å². The average Bonchev–Trinajstić information content (AvgIpc) is 3.41. The molecule has 0 radical (unpaired) electrons. The first-order chi connectivity index (χ1) is 36.6. The molecule has 0 aliphatic carbocycles. The summed E-state index contributed by atoms with van der Waals surface area (Å²) in [7, 11) is 0. The van der Waals surface area contributed by atoms with Crippen LogP contribution >= 0.6 is 0 Å². The molecular weight excluding hydrogens is 955 g/mol. The zero-order valence-electron chi connectivity index (χ0n) is 47.8. The number of rotatable bonds is 51. The summed E-state index contributed by atoms with van der Waals surface area (Å²) < 4.78 is 22.8. The molecule has 2 aliphatic rings. The Hall–Kier alpha value is -1.27. The Morgan fingerprint density at radius 3 is 1.23 bits per heavy atom. The molecule has 1 amide bonds. The molecule has 444 valence electrons. The van der Waals surface area contributed by atoms with Gasteiger partial charge in [-0.3, -0.25) is 4.79 Å². The Labute approximate surface area is 456 Å². The van der Waals surface area contributed by atoms with Gasteiger partial charge in [0.25, 0.3) is 0 Å². The molecule has 0 aromatic heterocycles. The predicted octanol–water partition coefficient (Wildman–Crippen LogP) is 11.1. The maximum atomic E-state index is 13.2. The monoisotopic (exact) mass is 1070 g/mol. The summed E-state index contributed by atoms with van der Waals surface area (Å²) in [5.74, 6) is -0.234. The van der Waals surface area contributed by atoms with E-state index < -0.39 is 86.8 Å². The molecule has 2 aliphatic heterocycles. The quantitative estimate of drug-likeness (QED) is 0.0204. The van der Waals surface area contributed by atoms with Crippen molar-refractivity contribution in [1.29, 1.82) is 0 Å². The number of aliphatic hydroxyl groups is 8. The Morgan fingerprint density at radius 2 is 0.827 bits per heavy atom. The van der Waals surface area contributed by atoms with E-state index in [1.54, 1.807) is 6.08 Å². The van der Waals surface area contributed by atoms with Gasteiger partial charge in [-0.1, -0.05) is 264 Å². The van der Waals surface area contributed by atoms with E-state index in [2.05, 4.69) is 19.2 Å². The third-order valence-corrected chi connectivity index (χ3v) is 15.7. The van der Waals surface area contributed by atoms with Crippen molar-refractivity contribution in [2.45, 2.75) is 351 Å². The van der Waals surface area contributed by atoms with Crippen molar-refractivity contribution in [2.24, 2.45) is 0 Å². The molecule has 0 aromatic rings.